The number of carbonyl (C=O) groups excluding carboxylic acids is 2. The zero-order chi connectivity index (χ0) is 14.7. The van der Waals surface area contributed by atoms with Crippen molar-refractivity contribution in [3.05, 3.63) is 50.9 Å². The first kappa shape index (κ1) is 14.7. The van der Waals surface area contributed by atoms with E-state index < -0.39 is 11.8 Å². The maximum atomic E-state index is 11.9. The summed E-state index contributed by atoms with van der Waals surface area (Å²) in [6.07, 6.45) is 4.72. The monoisotopic (exact) mass is 400 g/mol. The Morgan fingerprint density at radius 1 is 1.10 bits per heavy atom. The van der Waals surface area contributed by atoms with Crippen LogP contribution in [0.15, 0.2) is 39.7 Å². The summed E-state index contributed by atoms with van der Waals surface area (Å²) in [7, 11) is 1.74. The maximum Gasteiger partial charge on any atom is 0.286 e. The van der Waals surface area contributed by atoms with Crippen LogP contribution in [0.4, 0.5) is 0 Å². The molecule has 0 saturated heterocycles. The molecule has 0 fully saturated rings. The summed E-state index contributed by atoms with van der Waals surface area (Å²) in [6.45, 7) is 0. The van der Waals surface area contributed by atoms with Crippen molar-refractivity contribution in [2.24, 2.45) is 7.05 Å². The van der Waals surface area contributed by atoms with Crippen molar-refractivity contribution in [3.8, 4) is 0 Å². The average molecular weight is 402 g/mol. The smallest absolute Gasteiger partial charge is 0.286 e. The van der Waals surface area contributed by atoms with Crippen molar-refractivity contribution in [1.29, 1.82) is 0 Å². The fourth-order valence-corrected chi connectivity index (χ4v) is 2.42. The Kier molecular flexibility index (Phi) is 4.56. The first-order chi connectivity index (χ1) is 9.47. The van der Waals surface area contributed by atoms with Crippen molar-refractivity contribution >= 4 is 43.7 Å². The number of aromatic nitrogens is 2. The molecule has 8 heteroatoms. The Morgan fingerprint density at radius 3 is 2.40 bits per heavy atom. The summed E-state index contributed by atoms with van der Waals surface area (Å²) in [4.78, 5) is 27.6. The van der Waals surface area contributed by atoms with Crippen LogP contribution in [0.2, 0.25) is 0 Å². The van der Waals surface area contributed by atoms with Gasteiger partial charge in [-0.1, -0.05) is 0 Å². The molecule has 6 nitrogen and oxygen atoms in total. The number of nitrogens with one attached hydrogen (secondary N) is 2. The molecule has 20 heavy (non-hydrogen) atoms. The minimum absolute atomic E-state index is 0.340. The number of nitrogens with zero attached hydrogens (tertiary/aromatic N) is 2. The standard InChI is InChI=1S/C12H10Br2N4O2/c1-18-6-9(14)3-10(18)12(20)17-16-11(19)7-2-8(13)5-15-4-7/h2-6H,1H3,(H,16,19)(H,17,20). The van der Waals surface area contributed by atoms with E-state index in [1.165, 1.54) is 6.20 Å². The van der Waals surface area contributed by atoms with Crippen LogP contribution >= 0.6 is 31.9 Å². The molecule has 0 aliphatic rings. The Balaban J connectivity index is 2.00. The van der Waals surface area contributed by atoms with Crippen LogP contribution < -0.4 is 10.9 Å². The second-order valence-corrected chi connectivity index (χ2v) is 5.79. The normalized spacial score (nSPS) is 10.2. The van der Waals surface area contributed by atoms with Gasteiger partial charge in [0.1, 0.15) is 5.69 Å². The summed E-state index contributed by atoms with van der Waals surface area (Å²) in [6, 6.07) is 3.26. The van der Waals surface area contributed by atoms with Gasteiger partial charge in [-0.25, -0.2) is 0 Å². The van der Waals surface area contributed by atoms with Crippen molar-refractivity contribution in [3.63, 3.8) is 0 Å². The highest BCUT2D eigenvalue weighted by molar-refractivity contribution is 9.10. The van der Waals surface area contributed by atoms with E-state index in [2.05, 4.69) is 47.7 Å². The molecule has 104 valence electrons. The van der Waals surface area contributed by atoms with Gasteiger partial charge in [0, 0.05) is 34.6 Å². The Morgan fingerprint density at radius 2 is 1.80 bits per heavy atom. The lowest BCUT2D eigenvalue weighted by atomic mass is 10.3. The third kappa shape index (κ3) is 3.45. The highest BCUT2D eigenvalue weighted by atomic mass is 79.9. The number of pyridine rings is 1. The van der Waals surface area contributed by atoms with Gasteiger partial charge in [-0.15, -0.1) is 0 Å². The third-order valence-electron chi connectivity index (χ3n) is 2.46. The number of carbonyl (C=O) groups is 2. The quantitative estimate of drug-likeness (QED) is 0.756. The number of amides is 2. The highest BCUT2D eigenvalue weighted by Crippen LogP contribution is 2.13. The number of rotatable bonds is 2. The van der Waals surface area contributed by atoms with Crippen LogP contribution in [-0.4, -0.2) is 21.4 Å². The van der Waals surface area contributed by atoms with Gasteiger partial charge in [-0.3, -0.25) is 25.4 Å². The average Bonchev–Trinajstić information content (AvgIpc) is 2.74. The topological polar surface area (TPSA) is 76.0 Å². The second-order valence-electron chi connectivity index (χ2n) is 3.95. The van der Waals surface area contributed by atoms with E-state index in [0.29, 0.717) is 15.7 Å². The molecule has 2 heterocycles. The zero-order valence-corrected chi connectivity index (χ0v) is 13.5. The third-order valence-corrected chi connectivity index (χ3v) is 3.33. The minimum atomic E-state index is -0.444. The molecule has 2 aromatic rings. The Labute approximate surface area is 131 Å². The van der Waals surface area contributed by atoms with Crippen molar-refractivity contribution in [2.45, 2.75) is 0 Å². The summed E-state index contributed by atoms with van der Waals surface area (Å²) >= 11 is 6.50. The Bertz CT molecular complexity index is 669. The summed E-state index contributed by atoms with van der Waals surface area (Å²) in [5.74, 6) is -0.852. The predicted molar refractivity (Wildman–Crippen MR) is 80.0 cm³/mol. The molecule has 0 radical (unpaired) electrons. The molecule has 0 atom stereocenters. The lowest BCUT2D eigenvalue weighted by molar-refractivity contribution is 0.0842. The van der Waals surface area contributed by atoms with E-state index in [1.54, 1.807) is 36.1 Å². The molecule has 0 spiro atoms. The molecular weight excluding hydrogens is 392 g/mol. The van der Waals surface area contributed by atoms with E-state index in [9.17, 15) is 9.59 Å². The maximum absolute atomic E-state index is 11.9. The largest absolute Gasteiger partial charge is 0.345 e. The van der Waals surface area contributed by atoms with E-state index in [4.69, 9.17) is 0 Å². The number of hydrogen-bond acceptors (Lipinski definition) is 3. The fourth-order valence-electron chi connectivity index (χ4n) is 1.54. The second kappa shape index (κ2) is 6.19. The number of hydrazine groups is 1. The molecule has 0 aromatic carbocycles. The first-order valence-electron chi connectivity index (χ1n) is 5.50. The molecule has 0 aliphatic heterocycles. The van der Waals surface area contributed by atoms with E-state index in [-0.39, 0.29) is 0 Å². The van der Waals surface area contributed by atoms with Gasteiger partial charge >= 0.3 is 0 Å². The van der Waals surface area contributed by atoms with Gasteiger partial charge in [0.15, 0.2) is 0 Å². The van der Waals surface area contributed by atoms with Crippen LogP contribution in [-0.2, 0) is 7.05 Å². The van der Waals surface area contributed by atoms with Gasteiger partial charge < -0.3 is 4.57 Å². The van der Waals surface area contributed by atoms with Crippen LogP contribution in [0.1, 0.15) is 20.8 Å². The van der Waals surface area contributed by atoms with Gasteiger partial charge in [0.05, 0.1) is 5.56 Å². The van der Waals surface area contributed by atoms with Crippen LogP contribution in [0, 0.1) is 0 Å². The predicted octanol–water partition coefficient (Wildman–Crippen LogP) is 2.02. The lowest BCUT2D eigenvalue weighted by Gasteiger charge is -2.07. The van der Waals surface area contributed by atoms with Gasteiger partial charge in [0.25, 0.3) is 11.8 Å². The summed E-state index contributed by atoms with van der Waals surface area (Å²) < 4.78 is 3.11. The summed E-state index contributed by atoms with van der Waals surface area (Å²) in [5, 5.41) is 0. The number of aryl methyl sites for hydroxylation is 1. The minimum Gasteiger partial charge on any atom is -0.345 e. The lowest BCUT2D eigenvalue weighted by Crippen LogP contribution is -2.42. The van der Waals surface area contributed by atoms with Gasteiger partial charge in [0.2, 0.25) is 0 Å². The fraction of sp³-hybridized carbons (Fsp3) is 0.0833. The molecule has 2 aromatic heterocycles. The molecule has 2 rings (SSSR count). The van der Waals surface area contributed by atoms with E-state index >= 15 is 0 Å². The van der Waals surface area contributed by atoms with Crippen LogP contribution in [0.25, 0.3) is 0 Å². The molecule has 2 N–H and O–H groups in total. The Hall–Kier alpha value is -1.67. The van der Waals surface area contributed by atoms with Crippen LogP contribution in [0.5, 0.6) is 0 Å². The van der Waals surface area contributed by atoms with Crippen molar-refractivity contribution in [2.75, 3.05) is 0 Å². The molecule has 2 amide bonds. The van der Waals surface area contributed by atoms with E-state index in [0.717, 1.165) is 4.47 Å². The SMILES string of the molecule is Cn1cc(Br)cc1C(=O)NNC(=O)c1cncc(Br)c1. The van der Waals surface area contributed by atoms with Crippen molar-refractivity contribution < 1.29 is 9.59 Å². The number of hydrogen-bond donors (Lipinski definition) is 2. The molecule has 0 unspecified atom stereocenters. The summed E-state index contributed by atoms with van der Waals surface area (Å²) in [5.41, 5.74) is 5.44. The van der Waals surface area contributed by atoms with Gasteiger partial charge in [-0.2, -0.15) is 0 Å². The first-order valence-corrected chi connectivity index (χ1v) is 7.09. The highest BCUT2D eigenvalue weighted by Gasteiger charge is 2.13. The molecule has 0 aliphatic carbocycles. The zero-order valence-electron chi connectivity index (χ0n) is 10.4. The molecular formula is C12H10Br2N4O2. The van der Waals surface area contributed by atoms with Crippen LogP contribution in [0.3, 0.4) is 0 Å². The van der Waals surface area contributed by atoms with Gasteiger partial charge in [-0.05, 0) is 44.0 Å². The van der Waals surface area contributed by atoms with Crippen molar-refractivity contribution in [1.82, 2.24) is 20.4 Å². The molecule has 0 saturated carbocycles. The number of halogens is 2. The van der Waals surface area contributed by atoms with E-state index in [1.807, 2.05) is 0 Å². The molecule has 0 bridgehead atoms.